The summed E-state index contributed by atoms with van der Waals surface area (Å²) in [6.07, 6.45) is 0.251. The lowest BCUT2D eigenvalue weighted by atomic mass is 9.98. The van der Waals surface area contributed by atoms with E-state index in [0.29, 0.717) is 6.07 Å². The monoisotopic (exact) mass is 348 g/mol. The normalized spacial score (nSPS) is 13.0. The molecule has 1 unspecified atom stereocenters. The molecule has 0 saturated heterocycles. The van der Waals surface area contributed by atoms with Crippen molar-refractivity contribution in [2.24, 2.45) is 11.8 Å². The maximum absolute atomic E-state index is 13.8. The second-order valence-corrected chi connectivity index (χ2v) is 7.12. The van der Waals surface area contributed by atoms with Gasteiger partial charge in [0.05, 0.1) is 16.9 Å². The van der Waals surface area contributed by atoms with Gasteiger partial charge in [0, 0.05) is 12.6 Å². The highest BCUT2D eigenvalue weighted by Gasteiger charge is 2.25. The molecule has 0 bridgehead atoms. The zero-order valence-corrected chi connectivity index (χ0v) is 13.3. The summed E-state index contributed by atoms with van der Waals surface area (Å²) < 4.78 is 39.9. The topological polar surface area (TPSA) is 127 Å². The Kier molecular flexibility index (Phi) is 6.16. The summed E-state index contributed by atoms with van der Waals surface area (Å²) in [5.74, 6) is -3.35. The lowest BCUT2D eigenvalue weighted by molar-refractivity contribution is -0.385. The molecule has 23 heavy (non-hydrogen) atoms. The standard InChI is InChI=1S/C13H17FN2O6S/c1-8(2)5-9(13(17)18)7-15-23(21,22)12-4-3-10(16(19)20)6-11(12)14/h3-4,6,8-9,15H,5,7H2,1-2H3,(H,17,18). The number of benzene rings is 1. The first-order valence-electron chi connectivity index (χ1n) is 6.71. The quantitative estimate of drug-likeness (QED) is 0.544. The van der Waals surface area contributed by atoms with E-state index in [4.69, 9.17) is 5.11 Å². The summed E-state index contributed by atoms with van der Waals surface area (Å²) in [6, 6.07) is 2.13. The van der Waals surface area contributed by atoms with Gasteiger partial charge in [-0.05, 0) is 18.4 Å². The van der Waals surface area contributed by atoms with E-state index >= 15 is 0 Å². The molecule has 0 spiro atoms. The number of nitro benzene ring substituents is 1. The minimum Gasteiger partial charge on any atom is -0.481 e. The van der Waals surface area contributed by atoms with Crippen LogP contribution in [-0.4, -0.2) is 31.0 Å². The van der Waals surface area contributed by atoms with Crippen LogP contribution >= 0.6 is 0 Å². The predicted molar refractivity (Wildman–Crippen MR) is 78.8 cm³/mol. The second-order valence-electron chi connectivity index (χ2n) is 5.39. The zero-order valence-electron chi connectivity index (χ0n) is 12.5. The summed E-state index contributed by atoms with van der Waals surface area (Å²) in [5, 5.41) is 19.6. The first-order valence-corrected chi connectivity index (χ1v) is 8.19. The van der Waals surface area contributed by atoms with Gasteiger partial charge in [-0.2, -0.15) is 0 Å². The zero-order chi connectivity index (χ0) is 17.8. The largest absolute Gasteiger partial charge is 0.481 e. The predicted octanol–water partition coefficient (Wildman–Crippen LogP) is 1.76. The van der Waals surface area contributed by atoms with Crippen LogP contribution in [0.1, 0.15) is 20.3 Å². The molecule has 1 atom stereocenters. The van der Waals surface area contributed by atoms with E-state index in [1.807, 2.05) is 4.72 Å². The number of hydrogen-bond donors (Lipinski definition) is 2. The lowest BCUT2D eigenvalue weighted by Gasteiger charge is -2.15. The second kappa shape index (κ2) is 7.47. The molecule has 0 aliphatic carbocycles. The Morgan fingerprint density at radius 3 is 2.48 bits per heavy atom. The van der Waals surface area contributed by atoms with Crippen molar-refractivity contribution in [3.63, 3.8) is 0 Å². The van der Waals surface area contributed by atoms with Crippen molar-refractivity contribution in [1.82, 2.24) is 4.72 Å². The molecule has 8 nitrogen and oxygen atoms in total. The number of carboxylic acid groups (broad SMARTS) is 1. The molecule has 1 aromatic carbocycles. The summed E-state index contributed by atoms with van der Waals surface area (Å²) >= 11 is 0. The van der Waals surface area contributed by atoms with Crippen molar-refractivity contribution in [1.29, 1.82) is 0 Å². The molecular formula is C13H17FN2O6S. The van der Waals surface area contributed by atoms with Crippen LogP contribution in [0.15, 0.2) is 23.1 Å². The Hall–Kier alpha value is -2.07. The highest BCUT2D eigenvalue weighted by atomic mass is 32.2. The Labute approximate surface area is 132 Å². The van der Waals surface area contributed by atoms with Crippen LogP contribution in [0, 0.1) is 27.8 Å². The number of sulfonamides is 1. The molecule has 0 aliphatic rings. The minimum absolute atomic E-state index is 0.0386. The van der Waals surface area contributed by atoms with Gasteiger partial charge in [-0.3, -0.25) is 14.9 Å². The lowest BCUT2D eigenvalue weighted by Crippen LogP contribution is -2.34. The third-order valence-electron chi connectivity index (χ3n) is 3.04. The van der Waals surface area contributed by atoms with Gasteiger partial charge < -0.3 is 5.11 Å². The van der Waals surface area contributed by atoms with Gasteiger partial charge in [-0.25, -0.2) is 17.5 Å². The minimum atomic E-state index is -4.31. The third kappa shape index (κ3) is 5.25. The molecule has 0 saturated carbocycles. The van der Waals surface area contributed by atoms with Crippen LogP contribution in [0.2, 0.25) is 0 Å². The number of carboxylic acids is 1. The van der Waals surface area contributed by atoms with Crippen LogP contribution in [0.5, 0.6) is 0 Å². The van der Waals surface area contributed by atoms with E-state index in [-0.39, 0.29) is 12.3 Å². The molecule has 0 fully saturated rings. The van der Waals surface area contributed by atoms with Crippen molar-refractivity contribution in [2.45, 2.75) is 25.2 Å². The van der Waals surface area contributed by atoms with E-state index in [2.05, 4.69) is 0 Å². The van der Waals surface area contributed by atoms with Gasteiger partial charge in [0.2, 0.25) is 10.0 Å². The summed E-state index contributed by atoms with van der Waals surface area (Å²) in [5.41, 5.74) is -0.579. The summed E-state index contributed by atoms with van der Waals surface area (Å²) in [7, 11) is -4.31. The van der Waals surface area contributed by atoms with Crippen molar-refractivity contribution < 1.29 is 27.6 Å². The van der Waals surface area contributed by atoms with E-state index in [1.54, 1.807) is 13.8 Å². The molecule has 1 rings (SSSR count). The Morgan fingerprint density at radius 1 is 1.43 bits per heavy atom. The van der Waals surface area contributed by atoms with Gasteiger partial charge in [-0.1, -0.05) is 13.8 Å². The van der Waals surface area contributed by atoms with Gasteiger partial charge in [0.1, 0.15) is 10.7 Å². The number of nitro groups is 1. The maximum atomic E-state index is 13.8. The Balaban J connectivity index is 2.95. The molecule has 0 amide bonds. The molecule has 128 valence electrons. The Bertz CT molecular complexity index is 704. The van der Waals surface area contributed by atoms with Gasteiger partial charge in [0.15, 0.2) is 0 Å². The maximum Gasteiger partial charge on any atom is 0.307 e. The average Bonchev–Trinajstić information content (AvgIpc) is 2.42. The number of halogens is 1. The molecule has 10 heteroatoms. The average molecular weight is 348 g/mol. The number of rotatable bonds is 8. The van der Waals surface area contributed by atoms with E-state index in [0.717, 1.165) is 12.1 Å². The number of carbonyl (C=O) groups is 1. The van der Waals surface area contributed by atoms with E-state index in [1.165, 1.54) is 0 Å². The first kappa shape index (κ1) is 19.0. The molecular weight excluding hydrogens is 331 g/mol. The van der Waals surface area contributed by atoms with E-state index in [9.17, 15) is 27.7 Å². The number of nitrogens with one attached hydrogen (secondary N) is 1. The SMILES string of the molecule is CC(C)CC(CNS(=O)(=O)c1ccc([N+](=O)[O-])cc1F)C(=O)O. The molecule has 0 heterocycles. The molecule has 0 aromatic heterocycles. The molecule has 0 radical (unpaired) electrons. The van der Waals surface area contributed by atoms with Crippen LogP contribution < -0.4 is 4.72 Å². The van der Waals surface area contributed by atoms with Crippen LogP contribution in [0.4, 0.5) is 10.1 Å². The fourth-order valence-electron chi connectivity index (χ4n) is 1.95. The first-order chi connectivity index (χ1) is 10.5. The van der Waals surface area contributed by atoms with Crippen molar-refractivity contribution in [3.8, 4) is 0 Å². The van der Waals surface area contributed by atoms with Crippen LogP contribution in [0.25, 0.3) is 0 Å². The van der Waals surface area contributed by atoms with E-state index < -0.39 is 49.8 Å². The Morgan fingerprint density at radius 2 is 2.04 bits per heavy atom. The third-order valence-corrected chi connectivity index (χ3v) is 4.50. The molecule has 0 aliphatic heterocycles. The number of hydrogen-bond acceptors (Lipinski definition) is 5. The smallest absolute Gasteiger partial charge is 0.307 e. The fraction of sp³-hybridized carbons (Fsp3) is 0.462. The number of nitrogens with zero attached hydrogens (tertiary/aromatic N) is 1. The summed E-state index contributed by atoms with van der Waals surface area (Å²) in [4.78, 5) is 20.0. The van der Waals surface area contributed by atoms with Crippen LogP contribution in [-0.2, 0) is 14.8 Å². The fourth-order valence-corrected chi connectivity index (χ4v) is 3.09. The van der Waals surface area contributed by atoms with Crippen LogP contribution in [0.3, 0.4) is 0 Å². The number of aliphatic carboxylic acids is 1. The highest BCUT2D eigenvalue weighted by molar-refractivity contribution is 7.89. The van der Waals surface area contributed by atoms with Gasteiger partial charge in [-0.15, -0.1) is 0 Å². The molecule has 2 N–H and O–H groups in total. The van der Waals surface area contributed by atoms with Crippen molar-refractivity contribution in [2.75, 3.05) is 6.54 Å². The van der Waals surface area contributed by atoms with Crippen molar-refractivity contribution >= 4 is 21.7 Å². The van der Waals surface area contributed by atoms with Crippen molar-refractivity contribution in [3.05, 3.63) is 34.1 Å². The van der Waals surface area contributed by atoms with Gasteiger partial charge >= 0.3 is 5.97 Å². The summed E-state index contributed by atoms with van der Waals surface area (Å²) in [6.45, 7) is 3.19. The van der Waals surface area contributed by atoms with Gasteiger partial charge in [0.25, 0.3) is 5.69 Å². The number of non-ortho nitro benzene ring substituents is 1. The highest BCUT2D eigenvalue weighted by Crippen LogP contribution is 2.21. The molecule has 1 aromatic rings.